The van der Waals surface area contributed by atoms with Crippen LogP contribution in [0.4, 0.5) is 11.4 Å². The maximum Gasteiger partial charge on any atom is 0.271 e. The molecule has 3 aromatic carbocycles. The molecule has 42 heavy (non-hydrogen) atoms. The van der Waals surface area contributed by atoms with E-state index in [-0.39, 0.29) is 36.3 Å². The second kappa shape index (κ2) is 14.3. The summed E-state index contributed by atoms with van der Waals surface area (Å²) in [5, 5.41) is 14.9. The molecule has 224 valence electrons. The molecule has 1 N–H and O–H groups in total. The van der Waals surface area contributed by atoms with Crippen molar-refractivity contribution < 1.29 is 22.9 Å². The van der Waals surface area contributed by atoms with Gasteiger partial charge in [0.05, 0.1) is 16.9 Å². The number of rotatable bonds is 13. The zero-order valence-electron chi connectivity index (χ0n) is 24.0. The number of benzene rings is 3. The number of nitro benzene ring substituents is 1. The fraction of sp³-hybridized carbons (Fsp3) is 0.333. The SMILES string of the molecule is CC[C@@H](C)NC(=O)[C@@H](Cc1ccccc1)N(Cc1ccc(Cl)cc1)C(=O)CN(c1cc([N+](=O)[O-])ccc1C)S(C)(=O)=O. The topological polar surface area (TPSA) is 130 Å². The lowest BCUT2D eigenvalue weighted by molar-refractivity contribution is -0.384. The summed E-state index contributed by atoms with van der Waals surface area (Å²) < 4.78 is 26.8. The number of nitro groups is 1. The van der Waals surface area contributed by atoms with Crippen LogP contribution in [0.15, 0.2) is 72.8 Å². The van der Waals surface area contributed by atoms with Gasteiger partial charge in [-0.05, 0) is 49.1 Å². The van der Waals surface area contributed by atoms with E-state index in [1.165, 1.54) is 17.0 Å². The molecule has 2 amide bonds. The highest BCUT2D eigenvalue weighted by molar-refractivity contribution is 7.92. The van der Waals surface area contributed by atoms with Gasteiger partial charge in [-0.25, -0.2) is 8.42 Å². The van der Waals surface area contributed by atoms with Crippen molar-refractivity contribution in [2.45, 2.75) is 52.2 Å². The van der Waals surface area contributed by atoms with Gasteiger partial charge in [0, 0.05) is 36.2 Å². The van der Waals surface area contributed by atoms with E-state index >= 15 is 0 Å². The fourth-order valence-corrected chi connectivity index (χ4v) is 5.38. The quantitative estimate of drug-likeness (QED) is 0.216. The van der Waals surface area contributed by atoms with Gasteiger partial charge in [0.25, 0.3) is 5.69 Å². The van der Waals surface area contributed by atoms with E-state index in [0.717, 1.165) is 22.2 Å². The molecular formula is C30H35ClN4O6S. The van der Waals surface area contributed by atoms with Crippen LogP contribution in [0.2, 0.25) is 5.02 Å². The number of aryl methyl sites for hydroxylation is 1. The standard InChI is InChI=1S/C30H35ClN4O6S/c1-5-22(3)32-30(37)28(17-23-9-7-6-8-10-23)33(19-24-12-14-25(31)15-13-24)29(36)20-34(42(4,40)41)27-18-26(35(38)39)16-11-21(27)2/h6-16,18,22,28H,5,17,19-20H2,1-4H3,(H,32,37)/t22-,28-/m1/s1. The zero-order chi connectivity index (χ0) is 31.0. The number of nitrogens with one attached hydrogen (secondary N) is 1. The molecule has 0 bridgehead atoms. The normalized spacial score (nSPS) is 12.7. The Morgan fingerprint density at radius 2 is 1.67 bits per heavy atom. The Kier molecular flexibility index (Phi) is 11.1. The summed E-state index contributed by atoms with van der Waals surface area (Å²) in [5.41, 5.74) is 1.61. The summed E-state index contributed by atoms with van der Waals surface area (Å²) in [4.78, 5) is 40.0. The van der Waals surface area contributed by atoms with Crippen molar-refractivity contribution in [3.05, 3.63) is 105 Å². The van der Waals surface area contributed by atoms with Gasteiger partial charge >= 0.3 is 0 Å². The highest BCUT2D eigenvalue weighted by Gasteiger charge is 2.34. The maximum atomic E-state index is 14.1. The summed E-state index contributed by atoms with van der Waals surface area (Å²) in [6.45, 7) is 4.72. The Bertz CT molecular complexity index is 1520. The molecule has 0 unspecified atom stereocenters. The lowest BCUT2D eigenvalue weighted by Crippen LogP contribution is -2.54. The molecule has 2 atom stereocenters. The third-order valence-corrected chi connectivity index (χ3v) is 8.27. The summed E-state index contributed by atoms with van der Waals surface area (Å²) in [6, 6.07) is 18.7. The predicted octanol–water partition coefficient (Wildman–Crippen LogP) is 4.88. The van der Waals surface area contributed by atoms with Gasteiger partial charge < -0.3 is 10.2 Å². The molecule has 0 saturated carbocycles. The van der Waals surface area contributed by atoms with Crippen LogP contribution in [0.25, 0.3) is 0 Å². The molecule has 0 aromatic heterocycles. The minimum atomic E-state index is -4.07. The van der Waals surface area contributed by atoms with E-state index < -0.39 is 33.4 Å². The van der Waals surface area contributed by atoms with Crippen molar-refractivity contribution in [3.8, 4) is 0 Å². The summed E-state index contributed by atoms with van der Waals surface area (Å²) >= 11 is 6.08. The Balaban J connectivity index is 2.10. The molecule has 0 aliphatic rings. The minimum absolute atomic E-state index is 0.00699. The van der Waals surface area contributed by atoms with Gasteiger partial charge in [0.15, 0.2) is 0 Å². The fourth-order valence-electron chi connectivity index (χ4n) is 4.36. The summed E-state index contributed by atoms with van der Waals surface area (Å²) in [5.74, 6) is -1.03. The van der Waals surface area contributed by atoms with E-state index in [1.807, 2.05) is 44.2 Å². The third kappa shape index (κ3) is 8.77. The number of amides is 2. The molecule has 3 rings (SSSR count). The molecule has 10 nitrogen and oxygen atoms in total. The molecule has 0 heterocycles. The van der Waals surface area contributed by atoms with E-state index in [1.54, 1.807) is 31.2 Å². The molecular weight excluding hydrogens is 580 g/mol. The number of anilines is 1. The monoisotopic (exact) mass is 614 g/mol. The first-order valence-electron chi connectivity index (χ1n) is 13.4. The van der Waals surface area contributed by atoms with Crippen molar-refractivity contribution in [3.63, 3.8) is 0 Å². The van der Waals surface area contributed by atoms with Gasteiger partial charge in [0.2, 0.25) is 21.8 Å². The van der Waals surface area contributed by atoms with E-state index in [0.29, 0.717) is 22.6 Å². The average Bonchev–Trinajstić information content (AvgIpc) is 2.94. The number of sulfonamides is 1. The molecule has 12 heteroatoms. The van der Waals surface area contributed by atoms with Crippen molar-refractivity contribution in [1.82, 2.24) is 10.2 Å². The Morgan fingerprint density at radius 3 is 2.24 bits per heavy atom. The third-order valence-electron chi connectivity index (χ3n) is 6.89. The number of carbonyl (C=O) groups is 2. The first-order chi connectivity index (χ1) is 19.8. The predicted molar refractivity (Wildman–Crippen MR) is 164 cm³/mol. The zero-order valence-corrected chi connectivity index (χ0v) is 25.6. The van der Waals surface area contributed by atoms with Crippen LogP contribution >= 0.6 is 11.6 Å². The number of carbonyl (C=O) groups excluding carboxylic acids is 2. The Hall–Kier alpha value is -3.96. The van der Waals surface area contributed by atoms with Crippen LogP contribution in [-0.4, -0.2) is 54.9 Å². The van der Waals surface area contributed by atoms with E-state index in [2.05, 4.69) is 5.32 Å². The Labute approximate surface area is 251 Å². The van der Waals surface area contributed by atoms with Gasteiger partial charge in [-0.15, -0.1) is 0 Å². The molecule has 3 aromatic rings. The van der Waals surface area contributed by atoms with Crippen molar-refractivity contribution in [1.29, 1.82) is 0 Å². The van der Waals surface area contributed by atoms with Crippen LogP contribution in [0.3, 0.4) is 0 Å². The lowest BCUT2D eigenvalue weighted by atomic mass is 10.0. The molecule has 0 radical (unpaired) electrons. The van der Waals surface area contributed by atoms with Gasteiger partial charge in [-0.3, -0.25) is 24.0 Å². The minimum Gasteiger partial charge on any atom is -0.352 e. The van der Waals surface area contributed by atoms with E-state index in [9.17, 15) is 28.1 Å². The van der Waals surface area contributed by atoms with Crippen LogP contribution in [0.1, 0.15) is 37.0 Å². The molecule has 0 spiro atoms. The highest BCUT2D eigenvalue weighted by Crippen LogP contribution is 2.28. The molecule has 0 fully saturated rings. The smallest absolute Gasteiger partial charge is 0.271 e. The number of hydrogen-bond donors (Lipinski definition) is 1. The maximum absolute atomic E-state index is 14.1. The number of nitrogens with zero attached hydrogens (tertiary/aromatic N) is 3. The van der Waals surface area contributed by atoms with Crippen LogP contribution in [0.5, 0.6) is 0 Å². The van der Waals surface area contributed by atoms with Crippen molar-refractivity contribution >= 4 is 44.8 Å². The number of non-ortho nitro benzene ring substituents is 1. The second-order valence-corrected chi connectivity index (χ2v) is 12.5. The van der Waals surface area contributed by atoms with Crippen LogP contribution < -0.4 is 9.62 Å². The highest BCUT2D eigenvalue weighted by atomic mass is 35.5. The van der Waals surface area contributed by atoms with Gasteiger partial charge in [-0.1, -0.05) is 67.1 Å². The van der Waals surface area contributed by atoms with Crippen molar-refractivity contribution in [2.24, 2.45) is 0 Å². The van der Waals surface area contributed by atoms with Crippen LogP contribution in [0, 0.1) is 17.0 Å². The average molecular weight is 615 g/mol. The number of halogens is 1. The van der Waals surface area contributed by atoms with Gasteiger partial charge in [-0.2, -0.15) is 0 Å². The summed E-state index contributed by atoms with van der Waals surface area (Å²) in [7, 11) is -4.07. The first-order valence-corrected chi connectivity index (χ1v) is 15.6. The van der Waals surface area contributed by atoms with Crippen LogP contribution in [-0.2, 0) is 32.6 Å². The molecule has 0 aliphatic heterocycles. The second-order valence-electron chi connectivity index (χ2n) is 10.2. The van der Waals surface area contributed by atoms with Crippen molar-refractivity contribution in [2.75, 3.05) is 17.1 Å². The Morgan fingerprint density at radius 1 is 1.02 bits per heavy atom. The number of hydrogen-bond acceptors (Lipinski definition) is 6. The summed E-state index contributed by atoms with van der Waals surface area (Å²) in [6.07, 6.45) is 1.78. The molecule has 0 saturated heterocycles. The lowest BCUT2D eigenvalue weighted by Gasteiger charge is -2.34. The first kappa shape index (κ1) is 32.6. The molecule has 0 aliphatic carbocycles. The van der Waals surface area contributed by atoms with E-state index in [4.69, 9.17) is 11.6 Å². The van der Waals surface area contributed by atoms with Gasteiger partial charge in [0.1, 0.15) is 12.6 Å². The largest absolute Gasteiger partial charge is 0.352 e.